The van der Waals surface area contributed by atoms with Gasteiger partial charge in [0.1, 0.15) is 23.5 Å². The summed E-state index contributed by atoms with van der Waals surface area (Å²) in [5.74, 6) is -3.69. The Morgan fingerprint density at radius 2 is 1.61 bits per heavy atom. The lowest BCUT2D eigenvalue weighted by Crippen LogP contribution is -2.32. The number of fused-ring (bicyclic) bond motifs is 1. The summed E-state index contributed by atoms with van der Waals surface area (Å²) in [5.41, 5.74) is -0.519. The summed E-state index contributed by atoms with van der Waals surface area (Å²) in [6.45, 7) is 1.58. The molecule has 0 bridgehead atoms. The third kappa shape index (κ3) is 4.20. The van der Waals surface area contributed by atoms with E-state index in [4.69, 9.17) is 4.74 Å². The van der Waals surface area contributed by atoms with Gasteiger partial charge in [-0.25, -0.2) is 17.6 Å². The second kappa shape index (κ2) is 10.1. The highest BCUT2D eigenvalue weighted by molar-refractivity contribution is 7.99. The highest BCUT2D eigenvalue weighted by Crippen LogP contribution is 2.41. The molecular formula is C29H21F4NO3S. The minimum absolute atomic E-state index is 0.0641. The van der Waals surface area contributed by atoms with E-state index in [1.807, 2.05) is 0 Å². The monoisotopic (exact) mass is 539 g/mol. The Labute approximate surface area is 219 Å². The lowest BCUT2D eigenvalue weighted by Gasteiger charge is -2.21. The molecule has 0 saturated heterocycles. The van der Waals surface area contributed by atoms with E-state index in [0.717, 1.165) is 30.0 Å². The molecule has 1 atom stereocenters. The number of carbonyl (C=O) groups excluding carboxylic acids is 1. The number of benzene rings is 3. The van der Waals surface area contributed by atoms with Crippen molar-refractivity contribution < 1.29 is 27.1 Å². The smallest absolute Gasteiger partial charge is 0.260 e. The molecule has 4 nitrogen and oxygen atoms in total. The van der Waals surface area contributed by atoms with Gasteiger partial charge in [0.05, 0.1) is 23.3 Å². The van der Waals surface area contributed by atoms with Crippen LogP contribution in [0.5, 0.6) is 5.75 Å². The average Bonchev–Trinajstić information content (AvgIpc) is 3.34. The Hall–Kier alpha value is -3.85. The molecule has 1 aliphatic heterocycles. The van der Waals surface area contributed by atoms with Crippen molar-refractivity contribution in [1.82, 2.24) is 4.57 Å². The Morgan fingerprint density at radius 1 is 0.947 bits per heavy atom. The van der Waals surface area contributed by atoms with E-state index >= 15 is 4.39 Å². The van der Waals surface area contributed by atoms with Gasteiger partial charge in [0, 0.05) is 23.3 Å². The van der Waals surface area contributed by atoms with Crippen molar-refractivity contribution in [2.24, 2.45) is 0 Å². The first-order chi connectivity index (χ1) is 18.2. The summed E-state index contributed by atoms with van der Waals surface area (Å²) in [4.78, 5) is 27.4. The molecule has 9 heteroatoms. The van der Waals surface area contributed by atoms with Crippen LogP contribution >= 0.6 is 11.8 Å². The molecular weight excluding hydrogens is 518 g/mol. The van der Waals surface area contributed by atoms with E-state index in [-0.39, 0.29) is 40.2 Å². The summed E-state index contributed by atoms with van der Waals surface area (Å²) < 4.78 is 65.5. The van der Waals surface area contributed by atoms with Crippen LogP contribution in [0.15, 0.2) is 70.5 Å². The Bertz CT molecular complexity index is 1630. The zero-order valence-corrected chi connectivity index (χ0v) is 21.2. The average molecular weight is 540 g/mol. The van der Waals surface area contributed by atoms with Gasteiger partial charge in [-0.2, -0.15) is 0 Å². The van der Waals surface area contributed by atoms with Crippen LogP contribution in [-0.2, 0) is 6.42 Å². The fraction of sp³-hybridized carbons (Fsp3) is 0.172. The zero-order chi connectivity index (χ0) is 27.1. The van der Waals surface area contributed by atoms with Crippen molar-refractivity contribution in [3.8, 4) is 16.9 Å². The molecule has 4 aromatic rings. The maximum atomic E-state index is 15.4. The van der Waals surface area contributed by atoms with Crippen LogP contribution in [0, 0.1) is 30.2 Å². The molecule has 38 heavy (non-hydrogen) atoms. The Kier molecular flexibility index (Phi) is 6.88. The zero-order valence-electron chi connectivity index (χ0n) is 20.4. The maximum Gasteiger partial charge on any atom is 0.260 e. The molecule has 0 N–H and O–H groups in total. The highest BCUT2D eigenvalue weighted by atomic mass is 32.2. The predicted molar refractivity (Wildman–Crippen MR) is 137 cm³/mol. The summed E-state index contributed by atoms with van der Waals surface area (Å²) >= 11 is 1.16. The summed E-state index contributed by atoms with van der Waals surface area (Å²) in [6.07, 6.45) is -0.244. The van der Waals surface area contributed by atoms with Crippen molar-refractivity contribution in [1.29, 1.82) is 0 Å². The lowest BCUT2D eigenvalue weighted by molar-refractivity contribution is 0.0930. The minimum Gasteiger partial charge on any atom is -0.494 e. The number of hydrogen-bond donors (Lipinski definition) is 0. The predicted octanol–water partition coefficient (Wildman–Crippen LogP) is 6.51. The number of hydrogen-bond acceptors (Lipinski definition) is 4. The lowest BCUT2D eigenvalue weighted by atomic mass is 9.93. The van der Waals surface area contributed by atoms with Crippen molar-refractivity contribution >= 4 is 17.5 Å². The van der Waals surface area contributed by atoms with E-state index in [1.165, 1.54) is 54.1 Å². The van der Waals surface area contributed by atoms with Gasteiger partial charge in [-0.3, -0.25) is 14.2 Å². The maximum absolute atomic E-state index is 15.4. The molecule has 1 aromatic heterocycles. The van der Waals surface area contributed by atoms with Crippen LogP contribution in [0.2, 0.25) is 0 Å². The SMILES string of the molecule is COc1cccc(-c2c(C)c(Cc3c(F)cccc3F)c3n(c2=O)C(C(=O)c2ccccc2F)CS3)c1F. The fourth-order valence-electron chi connectivity index (χ4n) is 4.80. The minimum atomic E-state index is -1.10. The first-order valence-corrected chi connectivity index (χ1v) is 12.7. The van der Waals surface area contributed by atoms with Gasteiger partial charge in [0.15, 0.2) is 17.3 Å². The number of nitrogens with zero attached hydrogens (tertiary/aromatic N) is 1. The molecule has 0 saturated carbocycles. The van der Waals surface area contributed by atoms with Crippen molar-refractivity contribution in [3.05, 3.63) is 117 Å². The van der Waals surface area contributed by atoms with Crippen molar-refractivity contribution in [2.75, 3.05) is 12.9 Å². The molecule has 1 aliphatic rings. The van der Waals surface area contributed by atoms with Crippen LogP contribution in [0.3, 0.4) is 0 Å². The van der Waals surface area contributed by atoms with E-state index in [1.54, 1.807) is 6.92 Å². The first-order valence-electron chi connectivity index (χ1n) is 11.7. The number of ketones is 1. The van der Waals surface area contributed by atoms with E-state index in [9.17, 15) is 22.8 Å². The quantitative estimate of drug-likeness (QED) is 0.207. The number of methoxy groups -OCH3 is 1. The molecule has 0 fully saturated rings. The molecule has 0 aliphatic carbocycles. The van der Waals surface area contributed by atoms with E-state index in [2.05, 4.69) is 0 Å². The molecule has 3 aromatic carbocycles. The number of pyridine rings is 1. The fourth-order valence-corrected chi connectivity index (χ4v) is 6.17. The number of carbonyl (C=O) groups is 1. The third-order valence-corrected chi connectivity index (χ3v) is 7.94. The highest BCUT2D eigenvalue weighted by Gasteiger charge is 2.36. The van der Waals surface area contributed by atoms with Crippen LogP contribution in [-0.4, -0.2) is 23.2 Å². The number of rotatable bonds is 6. The van der Waals surface area contributed by atoms with Gasteiger partial charge < -0.3 is 4.74 Å². The largest absolute Gasteiger partial charge is 0.494 e. The van der Waals surface area contributed by atoms with Gasteiger partial charge in [-0.15, -0.1) is 11.8 Å². The van der Waals surface area contributed by atoms with E-state index < -0.39 is 40.7 Å². The van der Waals surface area contributed by atoms with E-state index in [0.29, 0.717) is 16.2 Å². The van der Waals surface area contributed by atoms with Crippen LogP contribution in [0.25, 0.3) is 11.1 Å². The molecule has 2 heterocycles. The Balaban J connectivity index is 1.79. The molecule has 5 rings (SSSR count). The molecule has 0 spiro atoms. The van der Waals surface area contributed by atoms with Crippen molar-refractivity contribution in [2.45, 2.75) is 24.4 Å². The topological polar surface area (TPSA) is 48.3 Å². The van der Waals surface area contributed by atoms with Gasteiger partial charge in [0.25, 0.3) is 5.56 Å². The number of ether oxygens (including phenoxy) is 1. The van der Waals surface area contributed by atoms with Crippen LogP contribution < -0.4 is 10.3 Å². The number of halogens is 4. The number of aromatic nitrogens is 1. The summed E-state index contributed by atoms with van der Waals surface area (Å²) in [7, 11) is 1.29. The van der Waals surface area contributed by atoms with Crippen LogP contribution in [0.1, 0.15) is 33.1 Å². The third-order valence-electron chi connectivity index (χ3n) is 6.74. The van der Waals surface area contributed by atoms with Gasteiger partial charge in [0.2, 0.25) is 0 Å². The number of Topliss-reactive ketones (excluding diaryl/α,β-unsaturated/α-hetero) is 1. The summed E-state index contributed by atoms with van der Waals surface area (Å²) in [5, 5.41) is 0.330. The van der Waals surface area contributed by atoms with Gasteiger partial charge >= 0.3 is 0 Å². The second-order valence-corrected chi connectivity index (χ2v) is 9.84. The van der Waals surface area contributed by atoms with Crippen LogP contribution in [0.4, 0.5) is 17.6 Å². The van der Waals surface area contributed by atoms with Crippen molar-refractivity contribution in [3.63, 3.8) is 0 Å². The summed E-state index contributed by atoms with van der Waals surface area (Å²) in [6, 6.07) is 12.2. The van der Waals surface area contributed by atoms with Gasteiger partial charge in [-0.1, -0.05) is 30.3 Å². The number of thioether (sulfide) groups is 1. The molecule has 1 unspecified atom stereocenters. The standard InChI is InChI=1S/C29H21F4NO3S/c1-15-18(13-19-21(31)10-6-11-22(19)32)29-34(23(14-38-29)27(35)16-7-3-4-9-20(16)30)28(36)25(15)17-8-5-12-24(37-2)26(17)33/h3-12,23H,13-14H2,1-2H3. The second-order valence-electron chi connectivity index (χ2n) is 8.83. The molecule has 0 amide bonds. The molecule has 0 radical (unpaired) electrons. The normalized spacial score (nSPS) is 14.4. The Morgan fingerprint density at radius 3 is 2.29 bits per heavy atom. The van der Waals surface area contributed by atoms with Gasteiger partial charge in [-0.05, 0) is 48.4 Å². The first kappa shape index (κ1) is 25.8. The molecule has 194 valence electrons.